The van der Waals surface area contributed by atoms with Gasteiger partial charge in [-0.25, -0.2) is 4.98 Å². The first-order valence-corrected chi connectivity index (χ1v) is 5.49. The minimum absolute atomic E-state index is 0.0427. The number of nitriles is 1. The fourth-order valence-corrected chi connectivity index (χ4v) is 1.80. The number of rotatable bonds is 4. The molecule has 0 aromatic carbocycles. The second-order valence-electron chi connectivity index (χ2n) is 4.10. The minimum Gasteiger partial charge on any atom is -0.364 e. The molecule has 0 amide bonds. The Balaban J connectivity index is 2.19. The molecule has 6 nitrogen and oxygen atoms in total. The van der Waals surface area contributed by atoms with E-state index in [1.807, 2.05) is 6.07 Å². The standard InChI is InChI=1S/C11H12N4O2/c12-6-9-4-5-13-11(10(9)15(16)17)14-7-8-2-1-3-8/h4-5,8H,1-3,7H2,(H,13,14). The lowest BCUT2D eigenvalue weighted by Gasteiger charge is -2.25. The number of nitro groups is 1. The lowest BCUT2D eigenvalue weighted by Crippen LogP contribution is -2.21. The average Bonchev–Trinajstić information content (AvgIpc) is 2.26. The molecule has 1 N–H and O–H groups in total. The van der Waals surface area contributed by atoms with Gasteiger partial charge in [0.05, 0.1) is 4.92 Å². The van der Waals surface area contributed by atoms with Gasteiger partial charge in [0, 0.05) is 12.7 Å². The topological polar surface area (TPSA) is 91.8 Å². The Morgan fingerprint density at radius 1 is 1.65 bits per heavy atom. The normalized spacial score (nSPS) is 14.8. The number of nitrogens with one attached hydrogen (secondary N) is 1. The summed E-state index contributed by atoms with van der Waals surface area (Å²) in [6.45, 7) is 0.683. The third kappa shape index (κ3) is 2.33. The Kier molecular flexibility index (Phi) is 3.19. The number of hydrogen-bond donors (Lipinski definition) is 1. The Morgan fingerprint density at radius 2 is 2.41 bits per heavy atom. The van der Waals surface area contributed by atoms with Gasteiger partial charge in [0.2, 0.25) is 5.82 Å². The van der Waals surface area contributed by atoms with Crippen LogP contribution in [0.1, 0.15) is 24.8 Å². The lowest BCUT2D eigenvalue weighted by atomic mass is 9.85. The molecule has 1 fully saturated rings. The van der Waals surface area contributed by atoms with Crippen molar-refractivity contribution in [1.29, 1.82) is 5.26 Å². The second kappa shape index (κ2) is 4.78. The zero-order valence-corrected chi connectivity index (χ0v) is 9.22. The highest BCUT2D eigenvalue weighted by Gasteiger charge is 2.23. The van der Waals surface area contributed by atoms with E-state index in [1.54, 1.807) is 0 Å². The molecule has 0 radical (unpaired) electrons. The fourth-order valence-electron chi connectivity index (χ4n) is 1.80. The van der Waals surface area contributed by atoms with Crippen LogP contribution in [0.15, 0.2) is 12.3 Å². The second-order valence-corrected chi connectivity index (χ2v) is 4.10. The number of pyridine rings is 1. The van der Waals surface area contributed by atoms with Crippen molar-refractivity contribution in [3.63, 3.8) is 0 Å². The molecule has 0 bridgehead atoms. The van der Waals surface area contributed by atoms with Gasteiger partial charge in [-0.1, -0.05) is 6.42 Å². The fraction of sp³-hybridized carbons (Fsp3) is 0.455. The van der Waals surface area contributed by atoms with E-state index in [4.69, 9.17) is 5.26 Å². The largest absolute Gasteiger partial charge is 0.364 e. The maximum Gasteiger partial charge on any atom is 0.328 e. The van der Waals surface area contributed by atoms with Crippen LogP contribution in [0.25, 0.3) is 0 Å². The maximum absolute atomic E-state index is 10.9. The van der Waals surface area contributed by atoms with Crippen LogP contribution >= 0.6 is 0 Å². The molecule has 0 aliphatic heterocycles. The summed E-state index contributed by atoms with van der Waals surface area (Å²) in [6.07, 6.45) is 4.94. The van der Waals surface area contributed by atoms with E-state index in [2.05, 4.69) is 10.3 Å². The molecule has 17 heavy (non-hydrogen) atoms. The lowest BCUT2D eigenvalue weighted by molar-refractivity contribution is -0.384. The molecule has 1 aliphatic rings. The number of nitrogens with zero attached hydrogens (tertiary/aromatic N) is 3. The molecular formula is C11H12N4O2. The first kappa shape index (κ1) is 11.3. The van der Waals surface area contributed by atoms with Crippen LogP contribution < -0.4 is 5.32 Å². The van der Waals surface area contributed by atoms with Crippen LogP contribution in [0.2, 0.25) is 0 Å². The van der Waals surface area contributed by atoms with Crippen molar-refractivity contribution < 1.29 is 4.92 Å². The predicted molar refractivity (Wildman–Crippen MR) is 61.4 cm³/mol. The smallest absolute Gasteiger partial charge is 0.328 e. The number of hydrogen-bond acceptors (Lipinski definition) is 5. The quantitative estimate of drug-likeness (QED) is 0.633. The highest BCUT2D eigenvalue weighted by atomic mass is 16.6. The van der Waals surface area contributed by atoms with Crippen molar-refractivity contribution in [3.05, 3.63) is 27.9 Å². The summed E-state index contributed by atoms with van der Waals surface area (Å²) in [5, 5.41) is 22.7. The predicted octanol–water partition coefficient (Wildman–Crippen LogP) is 2.07. The van der Waals surface area contributed by atoms with E-state index in [0.717, 1.165) is 12.8 Å². The molecule has 1 saturated carbocycles. The van der Waals surface area contributed by atoms with Crippen LogP contribution in [-0.2, 0) is 0 Å². The minimum atomic E-state index is -0.561. The van der Waals surface area contributed by atoms with Crippen molar-refractivity contribution in [2.75, 3.05) is 11.9 Å². The molecule has 0 unspecified atom stereocenters. The highest BCUT2D eigenvalue weighted by Crippen LogP contribution is 2.29. The van der Waals surface area contributed by atoms with Crippen LogP contribution in [0.5, 0.6) is 0 Å². The van der Waals surface area contributed by atoms with Crippen LogP contribution in [0, 0.1) is 27.4 Å². The molecule has 0 saturated heterocycles. The maximum atomic E-state index is 10.9. The van der Waals surface area contributed by atoms with E-state index in [1.165, 1.54) is 18.7 Å². The Morgan fingerprint density at radius 3 is 2.94 bits per heavy atom. The molecule has 6 heteroatoms. The van der Waals surface area contributed by atoms with Gasteiger partial charge in [-0.05, 0) is 24.8 Å². The molecule has 1 aromatic rings. The van der Waals surface area contributed by atoms with Crippen molar-refractivity contribution in [2.45, 2.75) is 19.3 Å². The first-order chi connectivity index (χ1) is 8.22. The van der Waals surface area contributed by atoms with Gasteiger partial charge in [-0.2, -0.15) is 5.26 Å². The number of anilines is 1. The molecule has 0 atom stereocenters. The van der Waals surface area contributed by atoms with Crippen molar-refractivity contribution in [1.82, 2.24) is 4.98 Å². The SMILES string of the molecule is N#Cc1ccnc(NCC2CCC2)c1[N+](=O)[O-]. The van der Waals surface area contributed by atoms with Crippen molar-refractivity contribution in [2.24, 2.45) is 5.92 Å². The van der Waals surface area contributed by atoms with E-state index < -0.39 is 4.92 Å². The Labute approximate surface area is 98.4 Å². The summed E-state index contributed by atoms with van der Waals surface area (Å²) in [4.78, 5) is 14.3. The molecule has 88 valence electrons. The van der Waals surface area contributed by atoms with Gasteiger partial charge < -0.3 is 5.32 Å². The van der Waals surface area contributed by atoms with Gasteiger partial charge >= 0.3 is 5.69 Å². The molecule has 0 spiro atoms. The summed E-state index contributed by atoms with van der Waals surface area (Å²) in [6, 6.07) is 3.17. The third-order valence-electron chi connectivity index (χ3n) is 3.01. The molecule has 1 heterocycles. The molecule has 1 aliphatic carbocycles. The van der Waals surface area contributed by atoms with E-state index in [9.17, 15) is 10.1 Å². The molecule has 1 aromatic heterocycles. The van der Waals surface area contributed by atoms with Crippen molar-refractivity contribution in [3.8, 4) is 6.07 Å². The summed E-state index contributed by atoms with van der Waals surface area (Å²) in [7, 11) is 0. The third-order valence-corrected chi connectivity index (χ3v) is 3.01. The van der Waals surface area contributed by atoms with Gasteiger partial charge in [-0.15, -0.1) is 0 Å². The first-order valence-electron chi connectivity index (χ1n) is 5.49. The molecule has 2 rings (SSSR count). The Bertz CT molecular complexity index is 477. The average molecular weight is 232 g/mol. The van der Waals surface area contributed by atoms with E-state index in [0.29, 0.717) is 12.5 Å². The highest BCUT2D eigenvalue weighted by molar-refractivity contribution is 5.64. The van der Waals surface area contributed by atoms with Crippen molar-refractivity contribution >= 4 is 11.5 Å². The zero-order valence-electron chi connectivity index (χ0n) is 9.22. The van der Waals surface area contributed by atoms with E-state index in [-0.39, 0.29) is 17.1 Å². The van der Waals surface area contributed by atoms with E-state index >= 15 is 0 Å². The summed E-state index contributed by atoms with van der Waals surface area (Å²) < 4.78 is 0. The summed E-state index contributed by atoms with van der Waals surface area (Å²) in [5.74, 6) is 0.767. The summed E-state index contributed by atoms with van der Waals surface area (Å²) in [5.41, 5.74) is -0.185. The zero-order chi connectivity index (χ0) is 12.3. The van der Waals surface area contributed by atoms with Gasteiger partial charge in [0.1, 0.15) is 11.6 Å². The van der Waals surface area contributed by atoms with Gasteiger partial charge in [-0.3, -0.25) is 10.1 Å². The molecular weight excluding hydrogens is 220 g/mol. The summed E-state index contributed by atoms with van der Waals surface area (Å²) >= 11 is 0. The van der Waals surface area contributed by atoms with Crippen LogP contribution in [-0.4, -0.2) is 16.5 Å². The number of aromatic nitrogens is 1. The Hall–Kier alpha value is -2.16. The van der Waals surface area contributed by atoms with Crippen LogP contribution in [0.4, 0.5) is 11.5 Å². The van der Waals surface area contributed by atoms with Crippen LogP contribution in [0.3, 0.4) is 0 Å². The van der Waals surface area contributed by atoms with Gasteiger partial charge in [0.25, 0.3) is 0 Å². The monoisotopic (exact) mass is 232 g/mol. The van der Waals surface area contributed by atoms with Gasteiger partial charge in [0.15, 0.2) is 0 Å².